The summed E-state index contributed by atoms with van der Waals surface area (Å²) in [5.74, 6) is -0.706. The predicted molar refractivity (Wildman–Crippen MR) is 99.0 cm³/mol. The molecule has 0 radical (unpaired) electrons. The van der Waals surface area contributed by atoms with Crippen molar-refractivity contribution in [1.82, 2.24) is 15.8 Å². The van der Waals surface area contributed by atoms with Gasteiger partial charge in [0.2, 0.25) is 0 Å². The first-order valence-electron chi connectivity index (χ1n) is 8.03. The zero-order valence-electron chi connectivity index (χ0n) is 14.4. The Labute approximate surface area is 159 Å². The van der Waals surface area contributed by atoms with Crippen LogP contribution < -0.4 is 15.6 Å². The lowest BCUT2D eigenvalue weighted by Crippen LogP contribution is -2.41. The van der Waals surface area contributed by atoms with Crippen molar-refractivity contribution in [3.05, 3.63) is 81.6 Å². The fourth-order valence-corrected chi connectivity index (χ4v) is 3.11. The highest BCUT2D eigenvalue weighted by Gasteiger charge is 2.16. The number of hydrogen-bond acceptors (Lipinski definition) is 5. The molecule has 8 heteroatoms. The van der Waals surface area contributed by atoms with E-state index in [0.717, 1.165) is 11.3 Å². The summed E-state index contributed by atoms with van der Waals surface area (Å²) >= 11 is 1.16. The van der Waals surface area contributed by atoms with E-state index in [1.165, 1.54) is 24.3 Å². The van der Waals surface area contributed by atoms with Crippen molar-refractivity contribution >= 4 is 23.2 Å². The number of aromatic nitrogens is 1. The maximum Gasteiger partial charge on any atom is 0.281 e. The Morgan fingerprint density at radius 3 is 2.41 bits per heavy atom. The third-order valence-corrected chi connectivity index (χ3v) is 4.68. The van der Waals surface area contributed by atoms with E-state index in [2.05, 4.69) is 15.8 Å². The maximum atomic E-state index is 12.9. The zero-order chi connectivity index (χ0) is 19.2. The van der Waals surface area contributed by atoms with E-state index in [9.17, 15) is 14.0 Å². The Balaban J connectivity index is 1.57. The number of benzene rings is 2. The van der Waals surface area contributed by atoms with Crippen molar-refractivity contribution in [1.29, 1.82) is 0 Å². The van der Waals surface area contributed by atoms with Crippen LogP contribution in [0.4, 0.5) is 4.39 Å². The number of rotatable bonds is 5. The lowest BCUT2D eigenvalue weighted by Gasteiger charge is -2.06. The van der Waals surface area contributed by atoms with Gasteiger partial charge in [0, 0.05) is 5.56 Å². The molecule has 2 aromatic carbocycles. The number of aryl methyl sites for hydroxylation is 1. The number of nitrogens with zero attached hydrogens (tertiary/aromatic N) is 1. The van der Waals surface area contributed by atoms with Gasteiger partial charge in [-0.15, -0.1) is 11.3 Å². The molecule has 0 fully saturated rings. The molecule has 0 bridgehead atoms. The molecule has 0 saturated heterocycles. The molecule has 0 unspecified atom stereocenters. The number of halogens is 1. The van der Waals surface area contributed by atoms with Crippen LogP contribution in [-0.4, -0.2) is 16.8 Å². The number of hydrazine groups is 1. The molecule has 1 aromatic heterocycles. The van der Waals surface area contributed by atoms with Crippen molar-refractivity contribution in [2.75, 3.05) is 0 Å². The van der Waals surface area contributed by atoms with Gasteiger partial charge in [0.15, 0.2) is 0 Å². The topological polar surface area (TPSA) is 80.3 Å². The summed E-state index contributed by atoms with van der Waals surface area (Å²) in [7, 11) is 0. The first-order chi connectivity index (χ1) is 13.0. The Kier molecular flexibility index (Phi) is 5.77. The normalized spacial score (nSPS) is 10.3. The standard InChI is InChI=1S/C19H16FN3O3S/c1-12-17(19(25)23-22-18(24)13-5-3-2-4-6-13)27-16(21-12)11-26-15-9-7-14(20)8-10-15/h2-10H,11H2,1H3,(H,22,24)(H,23,25). The summed E-state index contributed by atoms with van der Waals surface area (Å²) in [6, 6.07) is 14.2. The number of carbonyl (C=O) groups is 2. The average Bonchev–Trinajstić information content (AvgIpc) is 3.07. The minimum atomic E-state index is -0.456. The molecule has 2 amide bonds. The molecule has 3 aromatic rings. The quantitative estimate of drug-likeness (QED) is 0.661. The van der Waals surface area contributed by atoms with Crippen molar-refractivity contribution in [2.24, 2.45) is 0 Å². The molecule has 0 aliphatic heterocycles. The van der Waals surface area contributed by atoms with Gasteiger partial charge in [-0.3, -0.25) is 20.4 Å². The SMILES string of the molecule is Cc1nc(COc2ccc(F)cc2)sc1C(=O)NNC(=O)c1ccccc1. The summed E-state index contributed by atoms with van der Waals surface area (Å²) in [5.41, 5.74) is 5.72. The van der Waals surface area contributed by atoms with Crippen molar-refractivity contribution in [2.45, 2.75) is 13.5 Å². The zero-order valence-corrected chi connectivity index (χ0v) is 15.2. The van der Waals surface area contributed by atoms with Gasteiger partial charge < -0.3 is 4.74 Å². The lowest BCUT2D eigenvalue weighted by molar-refractivity contribution is 0.0848. The van der Waals surface area contributed by atoms with E-state index in [1.807, 2.05) is 0 Å². The van der Waals surface area contributed by atoms with Crippen LogP contribution in [0, 0.1) is 12.7 Å². The first kappa shape index (κ1) is 18.5. The molecule has 6 nitrogen and oxygen atoms in total. The molecule has 0 saturated carbocycles. The Hall–Kier alpha value is -3.26. The summed E-state index contributed by atoms with van der Waals surface area (Å²) in [4.78, 5) is 28.9. The number of nitrogens with one attached hydrogen (secondary N) is 2. The van der Waals surface area contributed by atoms with Gasteiger partial charge in [0.05, 0.1) is 5.69 Å². The molecule has 27 heavy (non-hydrogen) atoms. The van der Waals surface area contributed by atoms with Crippen LogP contribution in [0.3, 0.4) is 0 Å². The number of thiazole rings is 1. The fraction of sp³-hybridized carbons (Fsp3) is 0.105. The van der Waals surface area contributed by atoms with Gasteiger partial charge in [-0.1, -0.05) is 18.2 Å². The van der Waals surface area contributed by atoms with Gasteiger partial charge in [-0.25, -0.2) is 9.37 Å². The van der Waals surface area contributed by atoms with Crippen LogP contribution >= 0.6 is 11.3 Å². The van der Waals surface area contributed by atoms with Gasteiger partial charge >= 0.3 is 0 Å². The monoisotopic (exact) mass is 385 g/mol. The summed E-state index contributed by atoms with van der Waals surface area (Å²) in [6.45, 7) is 1.85. The van der Waals surface area contributed by atoms with E-state index < -0.39 is 11.8 Å². The predicted octanol–water partition coefficient (Wildman–Crippen LogP) is 3.24. The first-order valence-corrected chi connectivity index (χ1v) is 8.85. The Bertz CT molecular complexity index is 943. The smallest absolute Gasteiger partial charge is 0.281 e. The molecule has 3 rings (SSSR count). The van der Waals surface area contributed by atoms with Crippen molar-refractivity contribution < 1.29 is 18.7 Å². The molecule has 0 aliphatic rings. The highest BCUT2D eigenvalue weighted by atomic mass is 32.1. The van der Waals surface area contributed by atoms with Crippen LogP contribution in [0.25, 0.3) is 0 Å². The highest BCUT2D eigenvalue weighted by Crippen LogP contribution is 2.20. The number of carbonyl (C=O) groups excluding carboxylic acids is 2. The fourth-order valence-electron chi connectivity index (χ4n) is 2.23. The average molecular weight is 385 g/mol. The van der Waals surface area contributed by atoms with Crippen LogP contribution in [-0.2, 0) is 6.61 Å². The molecule has 1 heterocycles. The van der Waals surface area contributed by atoms with Crippen LogP contribution in [0.15, 0.2) is 54.6 Å². The Morgan fingerprint density at radius 1 is 1.04 bits per heavy atom. The van der Waals surface area contributed by atoms with Crippen molar-refractivity contribution in [3.63, 3.8) is 0 Å². The number of ether oxygens (including phenoxy) is 1. The van der Waals surface area contributed by atoms with E-state index in [4.69, 9.17) is 4.74 Å². The third kappa shape index (κ3) is 4.89. The molecular formula is C19H16FN3O3S. The van der Waals surface area contributed by atoms with E-state index >= 15 is 0 Å². The van der Waals surface area contributed by atoms with Gasteiger partial charge in [0.1, 0.15) is 28.1 Å². The summed E-state index contributed by atoms with van der Waals surface area (Å²) in [5, 5.41) is 0.594. The second kappa shape index (κ2) is 8.41. The molecule has 0 atom stereocenters. The van der Waals surface area contributed by atoms with Crippen molar-refractivity contribution in [3.8, 4) is 5.75 Å². The number of amides is 2. The van der Waals surface area contributed by atoms with Crippen LogP contribution in [0.1, 0.15) is 30.7 Å². The van der Waals surface area contributed by atoms with Crippen LogP contribution in [0.5, 0.6) is 5.75 Å². The lowest BCUT2D eigenvalue weighted by atomic mass is 10.2. The Morgan fingerprint density at radius 2 is 1.70 bits per heavy atom. The van der Waals surface area contributed by atoms with Gasteiger partial charge in [0.25, 0.3) is 11.8 Å². The second-order valence-corrected chi connectivity index (χ2v) is 6.62. The van der Waals surface area contributed by atoms with E-state index in [1.54, 1.807) is 37.3 Å². The second-order valence-electron chi connectivity index (χ2n) is 5.54. The molecule has 0 spiro atoms. The van der Waals surface area contributed by atoms with Gasteiger partial charge in [-0.05, 0) is 43.3 Å². The molecule has 2 N–H and O–H groups in total. The maximum absolute atomic E-state index is 12.9. The summed E-state index contributed by atoms with van der Waals surface area (Å²) < 4.78 is 18.4. The van der Waals surface area contributed by atoms with Gasteiger partial charge in [-0.2, -0.15) is 0 Å². The van der Waals surface area contributed by atoms with E-state index in [0.29, 0.717) is 26.9 Å². The number of hydrogen-bond donors (Lipinski definition) is 2. The molecule has 138 valence electrons. The largest absolute Gasteiger partial charge is 0.486 e. The van der Waals surface area contributed by atoms with E-state index in [-0.39, 0.29) is 12.4 Å². The highest BCUT2D eigenvalue weighted by molar-refractivity contribution is 7.13. The summed E-state index contributed by atoms with van der Waals surface area (Å²) in [6.07, 6.45) is 0. The molecular weight excluding hydrogens is 369 g/mol. The minimum Gasteiger partial charge on any atom is -0.486 e. The third-order valence-electron chi connectivity index (χ3n) is 3.55. The molecule has 0 aliphatic carbocycles. The van der Waals surface area contributed by atoms with Crippen LogP contribution in [0.2, 0.25) is 0 Å². The minimum absolute atomic E-state index is 0.154.